The molecule has 0 aliphatic carbocycles. The molecular formula is C15H16ClNO5S. The monoisotopic (exact) mass is 357 g/mol. The van der Waals surface area contributed by atoms with Gasteiger partial charge in [-0.2, -0.15) is 4.31 Å². The van der Waals surface area contributed by atoms with Gasteiger partial charge < -0.3 is 0 Å². The Bertz CT molecular complexity index is 744. The van der Waals surface area contributed by atoms with E-state index in [2.05, 4.69) is 0 Å². The van der Waals surface area contributed by atoms with Crippen molar-refractivity contribution in [3.05, 3.63) is 29.8 Å². The molecule has 0 saturated carbocycles. The average molecular weight is 358 g/mol. The fourth-order valence-corrected chi connectivity index (χ4v) is 4.12. The molecule has 1 aliphatic rings. The van der Waals surface area contributed by atoms with E-state index in [1.807, 2.05) is 0 Å². The van der Waals surface area contributed by atoms with Gasteiger partial charge in [-0.05, 0) is 36.6 Å². The smallest absolute Gasteiger partial charge is 0.276 e. The summed E-state index contributed by atoms with van der Waals surface area (Å²) in [5, 5.41) is -0.396. The maximum Gasteiger partial charge on any atom is 0.276 e. The number of unbranched alkanes of at least 4 members (excludes halogenated alkanes) is 3. The van der Waals surface area contributed by atoms with Crippen LogP contribution in [-0.4, -0.2) is 29.8 Å². The molecule has 23 heavy (non-hydrogen) atoms. The molecule has 0 unspecified atom stereocenters. The lowest BCUT2D eigenvalue weighted by molar-refractivity contribution is -0.124. The van der Waals surface area contributed by atoms with Crippen molar-refractivity contribution in [2.24, 2.45) is 0 Å². The van der Waals surface area contributed by atoms with Crippen LogP contribution in [0.25, 0.3) is 0 Å². The van der Waals surface area contributed by atoms with Crippen molar-refractivity contribution < 1.29 is 22.8 Å². The van der Waals surface area contributed by atoms with Gasteiger partial charge in [-0.3, -0.25) is 14.4 Å². The van der Waals surface area contributed by atoms with Crippen molar-refractivity contribution in [3.63, 3.8) is 0 Å². The second-order valence-electron chi connectivity index (χ2n) is 5.23. The predicted molar refractivity (Wildman–Crippen MR) is 83.4 cm³/mol. The number of sulfonamides is 1. The number of hydrogen-bond donors (Lipinski definition) is 0. The minimum atomic E-state index is -4.08. The zero-order chi connectivity index (χ0) is 17.0. The largest absolute Gasteiger partial charge is 0.281 e. The standard InChI is InChI=1S/C15H16ClNO5S/c16-13(18)9-3-1-2-4-10-14(19)17-15(20)11-7-5-6-8-12(11)23(17,21)22/h5-8H,1-4,9-10H2. The van der Waals surface area contributed by atoms with Crippen LogP contribution in [0.15, 0.2) is 29.2 Å². The zero-order valence-corrected chi connectivity index (χ0v) is 13.9. The molecule has 0 atom stereocenters. The fourth-order valence-electron chi connectivity index (χ4n) is 2.43. The quantitative estimate of drug-likeness (QED) is 0.552. The number of rotatable bonds is 7. The molecular weight excluding hydrogens is 342 g/mol. The molecule has 0 radical (unpaired) electrons. The molecule has 0 fully saturated rings. The minimum absolute atomic E-state index is 0.0291. The summed E-state index contributed by atoms with van der Waals surface area (Å²) in [6.45, 7) is 0. The molecule has 1 aromatic carbocycles. The number of nitrogens with zero attached hydrogens (tertiary/aromatic N) is 1. The highest BCUT2D eigenvalue weighted by molar-refractivity contribution is 7.90. The first-order valence-electron chi connectivity index (χ1n) is 7.25. The summed E-state index contributed by atoms with van der Waals surface area (Å²) in [6.07, 6.45) is 2.70. The number of benzene rings is 1. The van der Waals surface area contributed by atoms with E-state index in [0.717, 1.165) is 0 Å². The lowest BCUT2D eigenvalue weighted by atomic mass is 10.1. The van der Waals surface area contributed by atoms with E-state index in [1.54, 1.807) is 6.07 Å². The molecule has 2 rings (SSSR count). The van der Waals surface area contributed by atoms with Gasteiger partial charge in [0.2, 0.25) is 11.1 Å². The number of carbonyl (C=O) groups is 3. The second kappa shape index (κ2) is 7.23. The van der Waals surface area contributed by atoms with Crippen LogP contribution in [-0.2, 0) is 19.6 Å². The third kappa shape index (κ3) is 3.79. The number of hydrogen-bond acceptors (Lipinski definition) is 5. The van der Waals surface area contributed by atoms with Gasteiger partial charge in [0.05, 0.1) is 5.56 Å². The molecule has 124 valence electrons. The van der Waals surface area contributed by atoms with Gasteiger partial charge in [-0.15, -0.1) is 0 Å². The highest BCUT2D eigenvalue weighted by Gasteiger charge is 2.44. The van der Waals surface area contributed by atoms with Crippen molar-refractivity contribution in [2.45, 2.75) is 43.4 Å². The van der Waals surface area contributed by atoms with Gasteiger partial charge in [-0.1, -0.05) is 25.0 Å². The molecule has 8 heteroatoms. The summed E-state index contributed by atoms with van der Waals surface area (Å²) in [6, 6.07) is 5.78. The summed E-state index contributed by atoms with van der Waals surface area (Å²) in [7, 11) is -4.08. The molecule has 6 nitrogen and oxygen atoms in total. The van der Waals surface area contributed by atoms with E-state index in [9.17, 15) is 22.8 Å². The Morgan fingerprint density at radius 1 is 1.00 bits per heavy atom. The first-order valence-corrected chi connectivity index (χ1v) is 9.07. The van der Waals surface area contributed by atoms with Crippen LogP contribution in [0, 0.1) is 0 Å². The van der Waals surface area contributed by atoms with E-state index in [1.165, 1.54) is 18.2 Å². The summed E-state index contributed by atoms with van der Waals surface area (Å²) >= 11 is 5.21. The van der Waals surface area contributed by atoms with Gasteiger partial charge in [0.1, 0.15) is 4.90 Å². The van der Waals surface area contributed by atoms with Gasteiger partial charge in [0.25, 0.3) is 15.9 Å². The van der Waals surface area contributed by atoms with Gasteiger partial charge in [0.15, 0.2) is 0 Å². The van der Waals surface area contributed by atoms with Gasteiger partial charge >= 0.3 is 0 Å². The third-order valence-electron chi connectivity index (χ3n) is 3.56. The number of imide groups is 1. The number of carbonyl (C=O) groups excluding carboxylic acids is 3. The van der Waals surface area contributed by atoms with Crippen molar-refractivity contribution in [2.75, 3.05) is 0 Å². The topological polar surface area (TPSA) is 88.6 Å². The Morgan fingerprint density at radius 2 is 1.61 bits per heavy atom. The van der Waals surface area contributed by atoms with Crippen molar-refractivity contribution in [3.8, 4) is 0 Å². The average Bonchev–Trinajstić information content (AvgIpc) is 2.70. The van der Waals surface area contributed by atoms with Crippen LogP contribution in [0.5, 0.6) is 0 Å². The van der Waals surface area contributed by atoms with Crippen LogP contribution in [0.1, 0.15) is 48.9 Å². The van der Waals surface area contributed by atoms with Crippen molar-refractivity contribution >= 4 is 38.7 Å². The predicted octanol–water partition coefficient (Wildman–Crippen LogP) is 2.46. The fraction of sp³-hybridized carbons (Fsp3) is 0.400. The van der Waals surface area contributed by atoms with Gasteiger partial charge in [0, 0.05) is 12.8 Å². The van der Waals surface area contributed by atoms with Gasteiger partial charge in [-0.25, -0.2) is 8.42 Å². The summed E-state index contributed by atoms with van der Waals surface area (Å²) < 4.78 is 24.9. The van der Waals surface area contributed by atoms with Crippen LogP contribution in [0.3, 0.4) is 0 Å². The molecule has 1 aliphatic heterocycles. The minimum Gasteiger partial charge on any atom is -0.281 e. The van der Waals surface area contributed by atoms with Crippen LogP contribution in [0.2, 0.25) is 0 Å². The molecule has 0 aromatic heterocycles. The number of fused-ring (bicyclic) bond motifs is 1. The lowest BCUT2D eigenvalue weighted by Gasteiger charge is -2.12. The van der Waals surface area contributed by atoms with E-state index in [0.29, 0.717) is 30.0 Å². The Labute approximate surface area is 139 Å². The zero-order valence-electron chi connectivity index (χ0n) is 12.3. The molecule has 0 N–H and O–H groups in total. The summed E-state index contributed by atoms with van der Waals surface area (Å²) in [5.74, 6) is -1.52. The summed E-state index contributed by atoms with van der Waals surface area (Å²) in [5.41, 5.74) is 0.0291. The molecule has 1 heterocycles. The SMILES string of the molecule is O=C(Cl)CCCCCCC(=O)N1C(=O)c2ccccc2S1(=O)=O. The second-order valence-corrected chi connectivity index (χ2v) is 7.41. The lowest BCUT2D eigenvalue weighted by Crippen LogP contribution is -2.36. The van der Waals surface area contributed by atoms with Crippen LogP contribution < -0.4 is 0 Å². The van der Waals surface area contributed by atoms with E-state index in [4.69, 9.17) is 11.6 Å². The Kier molecular flexibility index (Phi) is 5.54. The normalized spacial score (nSPS) is 15.5. The highest BCUT2D eigenvalue weighted by Crippen LogP contribution is 2.30. The third-order valence-corrected chi connectivity index (χ3v) is 5.51. The number of halogens is 1. The molecule has 0 bridgehead atoms. The Balaban J connectivity index is 1.94. The first kappa shape index (κ1) is 17.6. The molecule has 0 spiro atoms. The molecule has 2 amide bonds. The summed E-state index contributed by atoms with van der Waals surface area (Å²) in [4.78, 5) is 34.7. The molecule has 1 aromatic rings. The van der Waals surface area contributed by atoms with Crippen LogP contribution >= 0.6 is 11.6 Å². The first-order chi connectivity index (χ1) is 10.9. The maximum absolute atomic E-state index is 12.3. The number of amides is 2. The van der Waals surface area contributed by atoms with Crippen molar-refractivity contribution in [1.29, 1.82) is 0 Å². The van der Waals surface area contributed by atoms with E-state index < -0.39 is 27.1 Å². The molecule has 0 saturated heterocycles. The van der Waals surface area contributed by atoms with Crippen LogP contribution in [0.4, 0.5) is 0 Å². The Hall–Kier alpha value is -1.73. The Morgan fingerprint density at radius 3 is 2.22 bits per heavy atom. The highest BCUT2D eigenvalue weighted by atomic mass is 35.5. The van der Waals surface area contributed by atoms with E-state index >= 15 is 0 Å². The maximum atomic E-state index is 12.3. The van der Waals surface area contributed by atoms with Crippen molar-refractivity contribution in [1.82, 2.24) is 4.31 Å². The van der Waals surface area contributed by atoms with E-state index in [-0.39, 0.29) is 23.3 Å².